The normalized spacial score (nSPS) is 12.2. The SMILES string of the molecule is CNC(c1cccc(Cl)c1F)c1cccc(OC)c1F. The van der Waals surface area contributed by atoms with Crippen LogP contribution in [0.3, 0.4) is 0 Å². The molecule has 0 saturated heterocycles. The van der Waals surface area contributed by atoms with Gasteiger partial charge in [0.15, 0.2) is 11.6 Å². The van der Waals surface area contributed by atoms with E-state index in [4.69, 9.17) is 16.3 Å². The van der Waals surface area contributed by atoms with Crippen LogP contribution in [0.4, 0.5) is 8.78 Å². The maximum absolute atomic E-state index is 14.3. The van der Waals surface area contributed by atoms with Gasteiger partial charge in [-0.25, -0.2) is 8.78 Å². The molecular weight excluding hydrogens is 284 g/mol. The fourth-order valence-corrected chi connectivity index (χ4v) is 2.31. The molecule has 2 aromatic rings. The molecule has 0 aliphatic carbocycles. The van der Waals surface area contributed by atoms with E-state index in [1.165, 1.54) is 19.2 Å². The number of nitrogens with one attached hydrogen (secondary N) is 1. The lowest BCUT2D eigenvalue weighted by Gasteiger charge is -2.19. The summed E-state index contributed by atoms with van der Waals surface area (Å²) in [4.78, 5) is 0. The average Bonchev–Trinajstić information content (AvgIpc) is 2.46. The first-order valence-electron chi connectivity index (χ1n) is 6.03. The second-order valence-electron chi connectivity index (χ2n) is 4.23. The lowest BCUT2D eigenvalue weighted by Crippen LogP contribution is -2.20. The molecule has 106 valence electrons. The van der Waals surface area contributed by atoms with Crippen LogP contribution in [0.1, 0.15) is 17.2 Å². The van der Waals surface area contributed by atoms with E-state index in [0.29, 0.717) is 5.56 Å². The quantitative estimate of drug-likeness (QED) is 0.923. The van der Waals surface area contributed by atoms with Crippen molar-refractivity contribution >= 4 is 11.6 Å². The summed E-state index contributed by atoms with van der Waals surface area (Å²) in [6.45, 7) is 0. The Morgan fingerprint density at radius 2 is 1.65 bits per heavy atom. The lowest BCUT2D eigenvalue weighted by molar-refractivity contribution is 0.382. The Bertz CT molecular complexity index is 619. The first-order chi connectivity index (χ1) is 9.60. The molecule has 0 aliphatic heterocycles. The molecule has 0 saturated carbocycles. The average molecular weight is 298 g/mol. The summed E-state index contributed by atoms with van der Waals surface area (Å²) in [7, 11) is 3.01. The Morgan fingerprint density at radius 3 is 2.25 bits per heavy atom. The Labute approximate surface area is 121 Å². The van der Waals surface area contributed by atoms with Crippen LogP contribution in [0.25, 0.3) is 0 Å². The molecule has 5 heteroatoms. The third-order valence-corrected chi connectivity index (χ3v) is 3.40. The van der Waals surface area contributed by atoms with Crippen LogP contribution in [0.15, 0.2) is 36.4 Å². The van der Waals surface area contributed by atoms with Crippen molar-refractivity contribution in [2.24, 2.45) is 0 Å². The Hall–Kier alpha value is -1.65. The molecule has 0 bridgehead atoms. The van der Waals surface area contributed by atoms with Gasteiger partial charge < -0.3 is 10.1 Å². The molecule has 1 atom stereocenters. The van der Waals surface area contributed by atoms with Gasteiger partial charge in [0, 0.05) is 11.1 Å². The molecule has 2 rings (SSSR count). The predicted molar refractivity (Wildman–Crippen MR) is 75.3 cm³/mol. The summed E-state index contributed by atoms with van der Waals surface area (Å²) in [6, 6.07) is 8.76. The van der Waals surface area contributed by atoms with Crippen LogP contribution < -0.4 is 10.1 Å². The summed E-state index contributed by atoms with van der Waals surface area (Å²) in [5.41, 5.74) is 0.583. The minimum absolute atomic E-state index is 0.00561. The molecule has 1 N–H and O–H groups in total. The van der Waals surface area contributed by atoms with Crippen LogP contribution >= 0.6 is 11.6 Å². The van der Waals surface area contributed by atoms with Crippen molar-refractivity contribution in [1.29, 1.82) is 0 Å². The minimum Gasteiger partial charge on any atom is -0.494 e. The van der Waals surface area contributed by atoms with Crippen molar-refractivity contribution in [1.82, 2.24) is 5.32 Å². The molecule has 0 heterocycles. The van der Waals surface area contributed by atoms with Crippen LogP contribution in [0.5, 0.6) is 5.75 Å². The van der Waals surface area contributed by atoms with E-state index in [1.807, 2.05) is 0 Å². The molecule has 0 aromatic heterocycles. The zero-order valence-corrected chi connectivity index (χ0v) is 11.8. The number of benzene rings is 2. The molecule has 0 radical (unpaired) electrons. The third kappa shape index (κ3) is 2.62. The molecule has 0 fully saturated rings. The summed E-state index contributed by atoms with van der Waals surface area (Å²) < 4.78 is 33.4. The largest absolute Gasteiger partial charge is 0.494 e. The van der Waals surface area contributed by atoms with Gasteiger partial charge in [-0.3, -0.25) is 0 Å². The molecule has 0 aliphatic rings. The minimum atomic E-state index is -0.649. The van der Waals surface area contributed by atoms with Crippen molar-refractivity contribution in [3.05, 3.63) is 64.2 Å². The van der Waals surface area contributed by atoms with Crippen LogP contribution in [-0.4, -0.2) is 14.2 Å². The lowest BCUT2D eigenvalue weighted by atomic mass is 9.97. The summed E-state index contributed by atoms with van der Waals surface area (Å²) in [6.07, 6.45) is 0. The van der Waals surface area contributed by atoms with E-state index >= 15 is 0 Å². The van der Waals surface area contributed by atoms with Crippen molar-refractivity contribution in [3.8, 4) is 5.75 Å². The maximum atomic E-state index is 14.3. The second kappa shape index (κ2) is 6.20. The zero-order valence-electron chi connectivity index (χ0n) is 11.1. The van der Waals surface area contributed by atoms with Crippen molar-refractivity contribution in [3.63, 3.8) is 0 Å². The smallest absolute Gasteiger partial charge is 0.170 e. The van der Waals surface area contributed by atoms with Gasteiger partial charge in [-0.05, 0) is 19.2 Å². The number of hydrogen-bond donors (Lipinski definition) is 1. The molecule has 20 heavy (non-hydrogen) atoms. The topological polar surface area (TPSA) is 21.3 Å². The van der Waals surface area contributed by atoms with Gasteiger partial charge >= 0.3 is 0 Å². The first kappa shape index (κ1) is 14.8. The van der Waals surface area contributed by atoms with E-state index in [1.54, 1.807) is 31.3 Å². The van der Waals surface area contributed by atoms with Crippen LogP contribution in [0.2, 0.25) is 5.02 Å². The highest BCUT2D eigenvalue weighted by Crippen LogP contribution is 2.32. The van der Waals surface area contributed by atoms with E-state index < -0.39 is 17.7 Å². The molecule has 0 amide bonds. The van der Waals surface area contributed by atoms with Gasteiger partial charge in [0.1, 0.15) is 5.82 Å². The number of rotatable bonds is 4. The summed E-state index contributed by atoms with van der Waals surface area (Å²) >= 11 is 5.78. The van der Waals surface area contributed by atoms with E-state index in [0.717, 1.165) is 0 Å². The van der Waals surface area contributed by atoms with Crippen molar-refractivity contribution < 1.29 is 13.5 Å². The monoisotopic (exact) mass is 297 g/mol. The highest BCUT2D eigenvalue weighted by atomic mass is 35.5. The second-order valence-corrected chi connectivity index (χ2v) is 4.64. The van der Waals surface area contributed by atoms with E-state index in [2.05, 4.69) is 5.32 Å². The van der Waals surface area contributed by atoms with Gasteiger partial charge in [0.25, 0.3) is 0 Å². The molecule has 2 nitrogen and oxygen atoms in total. The number of hydrogen-bond acceptors (Lipinski definition) is 2. The third-order valence-electron chi connectivity index (χ3n) is 3.11. The maximum Gasteiger partial charge on any atom is 0.170 e. The van der Waals surface area contributed by atoms with Gasteiger partial charge in [-0.1, -0.05) is 35.9 Å². The molecule has 1 unspecified atom stereocenters. The van der Waals surface area contributed by atoms with Crippen molar-refractivity contribution in [2.75, 3.05) is 14.2 Å². The molecule has 2 aromatic carbocycles. The van der Waals surface area contributed by atoms with E-state index in [9.17, 15) is 8.78 Å². The van der Waals surface area contributed by atoms with Crippen LogP contribution in [-0.2, 0) is 0 Å². The van der Waals surface area contributed by atoms with Gasteiger partial charge in [-0.2, -0.15) is 0 Å². The molecule has 0 spiro atoms. The Morgan fingerprint density at radius 1 is 1.05 bits per heavy atom. The fourth-order valence-electron chi connectivity index (χ4n) is 2.13. The van der Waals surface area contributed by atoms with Crippen molar-refractivity contribution in [2.45, 2.75) is 6.04 Å². The van der Waals surface area contributed by atoms with Gasteiger partial charge in [0.2, 0.25) is 0 Å². The Balaban J connectivity index is 2.56. The number of halogens is 3. The predicted octanol–water partition coefficient (Wildman–Crippen LogP) is 3.94. The Kier molecular flexibility index (Phi) is 4.57. The zero-order chi connectivity index (χ0) is 14.7. The highest BCUT2D eigenvalue weighted by molar-refractivity contribution is 6.30. The number of methoxy groups -OCH3 is 1. The van der Waals surface area contributed by atoms with E-state index in [-0.39, 0.29) is 16.3 Å². The first-order valence-corrected chi connectivity index (χ1v) is 6.41. The van der Waals surface area contributed by atoms with Crippen LogP contribution in [0, 0.1) is 11.6 Å². The van der Waals surface area contributed by atoms with Gasteiger partial charge in [0.05, 0.1) is 18.2 Å². The molecular formula is C15H14ClF2NO. The number of ether oxygens (including phenoxy) is 1. The highest BCUT2D eigenvalue weighted by Gasteiger charge is 2.22. The standard InChI is InChI=1S/C15H14ClF2NO/c1-19-15(9-5-3-7-11(16)13(9)17)10-6-4-8-12(20-2)14(10)18/h3-8,15,19H,1-2H3. The summed E-state index contributed by atoms with van der Waals surface area (Å²) in [5, 5.41) is 2.91. The summed E-state index contributed by atoms with van der Waals surface area (Å²) in [5.74, 6) is -0.963. The fraction of sp³-hybridized carbons (Fsp3) is 0.200. The van der Waals surface area contributed by atoms with Gasteiger partial charge in [-0.15, -0.1) is 0 Å².